The zero-order chi connectivity index (χ0) is 15.2. The van der Waals surface area contributed by atoms with Crippen LogP contribution in [-0.4, -0.2) is 26.8 Å². The van der Waals surface area contributed by atoms with Crippen LogP contribution < -0.4 is 5.32 Å². The maximum Gasteiger partial charge on any atom is 0.228 e. The zero-order valence-electron chi connectivity index (χ0n) is 13.0. The molecule has 20 heavy (non-hydrogen) atoms. The van der Waals surface area contributed by atoms with Gasteiger partial charge in [-0.15, -0.1) is 0 Å². The maximum atomic E-state index is 12.0. The van der Waals surface area contributed by atoms with E-state index in [2.05, 4.69) is 29.4 Å². The molecule has 0 aliphatic carbocycles. The monoisotopic (exact) mass is 281 g/mol. The fourth-order valence-corrected chi connectivity index (χ4v) is 2.41. The molecule has 0 saturated heterocycles. The lowest BCUT2D eigenvalue weighted by Crippen LogP contribution is -2.33. The van der Waals surface area contributed by atoms with Gasteiger partial charge in [-0.25, -0.2) is 0 Å². The van der Waals surface area contributed by atoms with Gasteiger partial charge in [0, 0.05) is 11.8 Å². The van der Waals surface area contributed by atoms with Crippen molar-refractivity contribution in [2.24, 2.45) is 0 Å². The topological polar surface area (TPSA) is 78.0 Å². The fraction of sp³-hybridized carbons (Fsp3) is 0.733. The number of anilines is 1. The molecule has 0 aliphatic heterocycles. The smallest absolute Gasteiger partial charge is 0.228 e. The Balaban J connectivity index is 2.60. The Bertz CT molecular complexity index is 421. The molecule has 0 spiro atoms. The second-order valence-electron chi connectivity index (χ2n) is 5.81. The van der Waals surface area contributed by atoms with E-state index in [9.17, 15) is 9.90 Å². The number of rotatable bonds is 8. The van der Waals surface area contributed by atoms with E-state index in [1.807, 2.05) is 19.9 Å². The minimum absolute atomic E-state index is 0.124. The summed E-state index contributed by atoms with van der Waals surface area (Å²) < 4.78 is 0. The van der Waals surface area contributed by atoms with Gasteiger partial charge in [-0.1, -0.05) is 40.5 Å². The number of hydrogen-bond acceptors (Lipinski definition) is 3. The SMILES string of the molecule is CCCC(O)(CCC)CC(=O)Nc1cc(C(C)C)[nH]n1. The molecule has 0 aliphatic rings. The van der Waals surface area contributed by atoms with Crippen molar-refractivity contribution in [2.75, 3.05) is 5.32 Å². The minimum Gasteiger partial charge on any atom is -0.389 e. The molecule has 1 aromatic heterocycles. The van der Waals surface area contributed by atoms with Gasteiger partial charge >= 0.3 is 0 Å². The quantitative estimate of drug-likeness (QED) is 0.684. The van der Waals surface area contributed by atoms with Gasteiger partial charge in [0.2, 0.25) is 5.91 Å². The molecule has 5 heteroatoms. The summed E-state index contributed by atoms with van der Waals surface area (Å²) in [5, 5.41) is 20.2. The number of amides is 1. The van der Waals surface area contributed by atoms with Gasteiger partial charge in [-0.05, 0) is 18.8 Å². The Labute approximate surface area is 121 Å². The number of aliphatic hydroxyl groups is 1. The van der Waals surface area contributed by atoms with Gasteiger partial charge in [-0.3, -0.25) is 9.89 Å². The van der Waals surface area contributed by atoms with Crippen molar-refractivity contribution in [1.82, 2.24) is 10.2 Å². The lowest BCUT2D eigenvalue weighted by molar-refractivity contribution is -0.121. The van der Waals surface area contributed by atoms with E-state index in [-0.39, 0.29) is 12.3 Å². The molecular formula is C15H27N3O2. The molecule has 3 N–H and O–H groups in total. The highest BCUT2D eigenvalue weighted by Crippen LogP contribution is 2.24. The number of nitrogens with zero attached hydrogens (tertiary/aromatic N) is 1. The van der Waals surface area contributed by atoms with E-state index in [4.69, 9.17) is 0 Å². The van der Waals surface area contributed by atoms with Gasteiger partial charge in [0.25, 0.3) is 0 Å². The molecule has 114 valence electrons. The van der Waals surface area contributed by atoms with E-state index < -0.39 is 5.60 Å². The Morgan fingerprint density at radius 2 is 2.00 bits per heavy atom. The van der Waals surface area contributed by atoms with E-state index >= 15 is 0 Å². The summed E-state index contributed by atoms with van der Waals surface area (Å²) in [7, 11) is 0. The highest BCUT2D eigenvalue weighted by Gasteiger charge is 2.28. The van der Waals surface area contributed by atoms with Crippen molar-refractivity contribution >= 4 is 11.7 Å². The van der Waals surface area contributed by atoms with Crippen LogP contribution in [0, 0.1) is 0 Å². The molecule has 0 aromatic carbocycles. The molecule has 0 unspecified atom stereocenters. The van der Waals surface area contributed by atoms with Crippen molar-refractivity contribution < 1.29 is 9.90 Å². The van der Waals surface area contributed by atoms with Crippen molar-refractivity contribution in [2.45, 2.75) is 71.3 Å². The first-order valence-electron chi connectivity index (χ1n) is 7.47. The van der Waals surface area contributed by atoms with Crippen LogP contribution in [0.1, 0.15) is 71.4 Å². The average Bonchev–Trinajstić information content (AvgIpc) is 2.77. The predicted molar refractivity (Wildman–Crippen MR) is 80.7 cm³/mol. The van der Waals surface area contributed by atoms with Crippen LogP contribution in [0.3, 0.4) is 0 Å². The summed E-state index contributed by atoms with van der Waals surface area (Å²) in [4.78, 5) is 12.0. The largest absolute Gasteiger partial charge is 0.389 e. The number of hydrogen-bond donors (Lipinski definition) is 3. The summed E-state index contributed by atoms with van der Waals surface area (Å²) in [6, 6.07) is 1.83. The number of carbonyl (C=O) groups excluding carboxylic acids is 1. The molecule has 0 saturated carbocycles. The first kappa shape index (κ1) is 16.7. The van der Waals surface area contributed by atoms with E-state index in [1.165, 1.54) is 0 Å². The van der Waals surface area contributed by atoms with Gasteiger partial charge in [0.15, 0.2) is 5.82 Å². The van der Waals surface area contributed by atoms with Crippen molar-refractivity contribution in [1.29, 1.82) is 0 Å². The molecule has 1 heterocycles. The Kier molecular flexibility index (Phi) is 6.20. The number of aromatic nitrogens is 2. The molecule has 0 fully saturated rings. The normalized spacial score (nSPS) is 11.9. The van der Waals surface area contributed by atoms with Gasteiger partial charge in [0.1, 0.15) is 0 Å². The molecule has 1 rings (SSSR count). The van der Waals surface area contributed by atoms with Gasteiger partial charge < -0.3 is 10.4 Å². The van der Waals surface area contributed by atoms with Crippen LogP contribution in [-0.2, 0) is 4.79 Å². The second kappa shape index (κ2) is 7.43. The van der Waals surface area contributed by atoms with E-state index in [0.717, 1.165) is 18.5 Å². The highest BCUT2D eigenvalue weighted by atomic mass is 16.3. The van der Waals surface area contributed by atoms with Gasteiger partial charge in [-0.2, -0.15) is 5.10 Å². The second-order valence-corrected chi connectivity index (χ2v) is 5.81. The lowest BCUT2D eigenvalue weighted by atomic mass is 9.89. The third kappa shape index (κ3) is 4.96. The molecule has 5 nitrogen and oxygen atoms in total. The summed E-state index contributed by atoms with van der Waals surface area (Å²) in [5.74, 6) is 0.676. The molecule has 0 radical (unpaired) electrons. The highest BCUT2D eigenvalue weighted by molar-refractivity contribution is 5.90. The van der Waals surface area contributed by atoms with Gasteiger partial charge in [0.05, 0.1) is 12.0 Å². The maximum absolute atomic E-state index is 12.0. The van der Waals surface area contributed by atoms with E-state index in [0.29, 0.717) is 24.6 Å². The van der Waals surface area contributed by atoms with Crippen LogP contribution in [0.4, 0.5) is 5.82 Å². The third-order valence-electron chi connectivity index (χ3n) is 3.41. The minimum atomic E-state index is -0.898. The van der Waals surface area contributed by atoms with Crippen LogP contribution >= 0.6 is 0 Å². The summed E-state index contributed by atoms with van der Waals surface area (Å²) in [5.41, 5.74) is 0.0859. The first-order chi connectivity index (χ1) is 9.40. The number of aromatic amines is 1. The Hall–Kier alpha value is -1.36. The standard InChI is InChI=1S/C15H27N3O2/c1-5-7-15(20,8-6-2)10-14(19)16-13-9-12(11(3)4)17-18-13/h9,11,20H,5-8,10H2,1-4H3,(H2,16,17,18,19). The van der Waals surface area contributed by atoms with Crippen LogP contribution in [0.15, 0.2) is 6.07 Å². The van der Waals surface area contributed by atoms with Crippen LogP contribution in [0.5, 0.6) is 0 Å². The summed E-state index contributed by atoms with van der Waals surface area (Å²) in [6.07, 6.45) is 3.14. The zero-order valence-corrected chi connectivity index (χ0v) is 13.0. The number of carbonyl (C=O) groups is 1. The lowest BCUT2D eigenvalue weighted by Gasteiger charge is -2.26. The van der Waals surface area contributed by atoms with Crippen molar-refractivity contribution in [3.8, 4) is 0 Å². The predicted octanol–water partition coefficient (Wildman–Crippen LogP) is 3.19. The third-order valence-corrected chi connectivity index (χ3v) is 3.41. The van der Waals surface area contributed by atoms with Crippen molar-refractivity contribution in [3.05, 3.63) is 11.8 Å². The average molecular weight is 281 g/mol. The molecular weight excluding hydrogens is 254 g/mol. The summed E-state index contributed by atoms with van der Waals surface area (Å²) in [6.45, 7) is 8.14. The number of nitrogens with one attached hydrogen (secondary N) is 2. The number of H-pyrrole nitrogens is 1. The Morgan fingerprint density at radius 3 is 2.45 bits per heavy atom. The molecule has 0 bridgehead atoms. The Morgan fingerprint density at radius 1 is 1.40 bits per heavy atom. The van der Waals surface area contributed by atoms with E-state index in [1.54, 1.807) is 0 Å². The van der Waals surface area contributed by atoms with Crippen LogP contribution in [0.25, 0.3) is 0 Å². The summed E-state index contributed by atoms with van der Waals surface area (Å²) >= 11 is 0. The first-order valence-corrected chi connectivity index (χ1v) is 7.47. The fourth-order valence-electron chi connectivity index (χ4n) is 2.41. The molecule has 1 amide bonds. The van der Waals surface area contributed by atoms with Crippen LogP contribution in [0.2, 0.25) is 0 Å². The van der Waals surface area contributed by atoms with Crippen molar-refractivity contribution in [3.63, 3.8) is 0 Å². The molecule has 0 atom stereocenters. The molecule has 1 aromatic rings.